The summed E-state index contributed by atoms with van der Waals surface area (Å²) in [5, 5.41) is 12.8. The molecule has 1 atom stereocenters. The molecule has 174 valence electrons. The number of hydrogen-bond acceptors (Lipinski definition) is 5. The summed E-state index contributed by atoms with van der Waals surface area (Å²) in [7, 11) is 0. The zero-order valence-corrected chi connectivity index (χ0v) is 21.2. The minimum Gasteiger partial charge on any atom is -0.481 e. The third kappa shape index (κ3) is 5.89. The van der Waals surface area contributed by atoms with Gasteiger partial charge >= 0.3 is 5.97 Å². The molecule has 0 aliphatic rings. The molecule has 4 rings (SSSR count). The van der Waals surface area contributed by atoms with E-state index in [-0.39, 0.29) is 19.9 Å². The smallest absolute Gasteiger partial charge is 0.304 e. The molecule has 8 heteroatoms. The van der Waals surface area contributed by atoms with Crippen molar-refractivity contribution >= 4 is 52.5 Å². The van der Waals surface area contributed by atoms with Crippen LogP contribution in [0.4, 0.5) is 0 Å². The summed E-state index contributed by atoms with van der Waals surface area (Å²) in [5.74, 6) is 4.89. The first-order valence-electron chi connectivity index (χ1n) is 10.3. The SMILES string of the molecule is CC#C[C@@H](CC(=O)O)c1ccc(OCc2ccc3scc(-c4nc(Cl)ccc4C)c3c2)nc1.S. The lowest BCUT2D eigenvalue weighted by atomic mass is 9.98. The van der Waals surface area contributed by atoms with E-state index in [2.05, 4.69) is 39.3 Å². The summed E-state index contributed by atoms with van der Waals surface area (Å²) in [5.41, 5.74) is 4.77. The second-order valence-corrected chi connectivity index (χ2v) is 8.84. The van der Waals surface area contributed by atoms with Gasteiger partial charge < -0.3 is 9.84 Å². The van der Waals surface area contributed by atoms with E-state index in [1.54, 1.807) is 36.6 Å². The van der Waals surface area contributed by atoms with Crippen molar-refractivity contribution in [2.24, 2.45) is 0 Å². The van der Waals surface area contributed by atoms with E-state index < -0.39 is 11.9 Å². The Morgan fingerprint density at radius 2 is 2.06 bits per heavy atom. The van der Waals surface area contributed by atoms with Crippen LogP contribution in [-0.2, 0) is 11.4 Å². The van der Waals surface area contributed by atoms with Crippen LogP contribution in [0.15, 0.2) is 54.0 Å². The average molecular weight is 511 g/mol. The summed E-state index contributed by atoms with van der Waals surface area (Å²) in [4.78, 5) is 19.9. The highest BCUT2D eigenvalue weighted by molar-refractivity contribution is 7.59. The number of aromatic nitrogens is 2. The number of nitrogens with zero attached hydrogens (tertiary/aromatic N) is 2. The number of pyridine rings is 2. The van der Waals surface area contributed by atoms with Gasteiger partial charge in [-0.1, -0.05) is 35.7 Å². The Balaban J connectivity index is 0.00000324. The molecule has 5 nitrogen and oxygen atoms in total. The van der Waals surface area contributed by atoms with Crippen molar-refractivity contribution in [1.82, 2.24) is 9.97 Å². The largest absolute Gasteiger partial charge is 0.481 e. The van der Waals surface area contributed by atoms with E-state index in [1.165, 1.54) is 4.70 Å². The number of benzene rings is 1. The van der Waals surface area contributed by atoms with Crippen LogP contribution in [0, 0.1) is 18.8 Å². The lowest BCUT2D eigenvalue weighted by Crippen LogP contribution is -2.05. The minimum absolute atomic E-state index is 0. The number of carboxylic acid groups (broad SMARTS) is 1. The fourth-order valence-corrected chi connectivity index (χ4v) is 4.64. The third-order valence-corrected chi connectivity index (χ3v) is 6.38. The zero-order chi connectivity index (χ0) is 23.4. The quantitative estimate of drug-likeness (QED) is 0.224. The Morgan fingerprint density at radius 3 is 2.76 bits per heavy atom. The van der Waals surface area contributed by atoms with E-state index in [4.69, 9.17) is 21.4 Å². The molecule has 0 unspecified atom stereocenters. The first-order chi connectivity index (χ1) is 15.9. The molecule has 0 bridgehead atoms. The predicted molar refractivity (Wildman–Crippen MR) is 142 cm³/mol. The maximum atomic E-state index is 11.1. The molecule has 3 aromatic heterocycles. The van der Waals surface area contributed by atoms with Crippen LogP contribution < -0.4 is 4.74 Å². The van der Waals surface area contributed by atoms with E-state index in [0.29, 0.717) is 17.6 Å². The number of carbonyl (C=O) groups is 1. The van der Waals surface area contributed by atoms with Crippen molar-refractivity contribution in [3.8, 4) is 29.0 Å². The molecule has 0 radical (unpaired) electrons. The summed E-state index contributed by atoms with van der Waals surface area (Å²) < 4.78 is 7.05. The summed E-state index contributed by atoms with van der Waals surface area (Å²) >= 11 is 7.81. The predicted octanol–water partition coefficient (Wildman–Crippen LogP) is 6.59. The Morgan fingerprint density at radius 1 is 1.24 bits per heavy atom. The van der Waals surface area contributed by atoms with Crippen LogP contribution in [0.1, 0.15) is 36.0 Å². The number of ether oxygens (including phenoxy) is 1. The van der Waals surface area contributed by atoms with Gasteiger partial charge in [0.15, 0.2) is 0 Å². The Bertz CT molecular complexity index is 1370. The molecule has 0 spiro atoms. The number of aryl methyl sites for hydroxylation is 1. The second-order valence-electron chi connectivity index (χ2n) is 7.54. The number of aliphatic carboxylic acids is 1. The van der Waals surface area contributed by atoms with Crippen LogP contribution in [0.3, 0.4) is 0 Å². The molecule has 0 saturated heterocycles. The van der Waals surface area contributed by atoms with Gasteiger partial charge in [-0.25, -0.2) is 9.97 Å². The Kier molecular flexibility index (Phi) is 8.56. The number of thiophene rings is 1. The molecule has 1 aromatic carbocycles. The first-order valence-corrected chi connectivity index (χ1v) is 11.6. The monoisotopic (exact) mass is 510 g/mol. The lowest BCUT2D eigenvalue weighted by molar-refractivity contribution is -0.137. The molecule has 34 heavy (non-hydrogen) atoms. The number of carboxylic acids is 1. The molecular weight excluding hydrogens is 488 g/mol. The second kappa shape index (κ2) is 11.4. The summed E-state index contributed by atoms with van der Waals surface area (Å²) in [6.45, 7) is 4.07. The van der Waals surface area contributed by atoms with Gasteiger partial charge in [-0.2, -0.15) is 13.5 Å². The van der Waals surface area contributed by atoms with Gasteiger partial charge in [0.1, 0.15) is 11.8 Å². The Labute approximate surface area is 214 Å². The highest BCUT2D eigenvalue weighted by atomic mass is 35.5. The molecule has 0 aliphatic carbocycles. The fourth-order valence-electron chi connectivity index (χ4n) is 3.57. The highest BCUT2D eigenvalue weighted by Crippen LogP contribution is 2.35. The normalized spacial score (nSPS) is 11.3. The van der Waals surface area contributed by atoms with E-state index in [1.807, 2.05) is 25.1 Å². The van der Waals surface area contributed by atoms with Crippen LogP contribution in [-0.4, -0.2) is 21.0 Å². The fraction of sp³-hybridized carbons (Fsp3) is 0.192. The molecule has 0 amide bonds. The molecule has 3 heterocycles. The van der Waals surface area contributed by atoms with Gasteiger partial charge in [0.25, 0.3) is 0 Å². The van der Waals surface area contributed by atoms with Crippen molar-refractivity contribution in [1.29, 1.82) is 0 Å². The van der Waals surface area contributed by atoms with E-state index >= 15 is 0 Å². The third-order valence-electron chi connectivity index (χ3n) is 5.20. The Hall–Kier alpha value is -3.05. The number of rotatable bonds is 7. The van der Waals surface area contributed by atoms with Gasteiger partial charge in [0.2, 0.25) is 5.88 Å². The molecule has 4 aromatic rings. The van der Waals surface area contributed by atoms with E-state index in [9.17, 15) is 4.79 Å². The van der Waals surface area contributed by atoms with Gasteiger partial charge in [0, 0.05) is 33.3 Å². The summed E-state index contributed by atoms with van der Waals surface area (Å²) in [6, 6.07) is 13.6. The van der Waals surface area contributed by atoms with Crippen LogP contribution in [0.2, 0.25) is 5.15 Å². The molecule has 0 aliphatic heterocycles. The molecular formula is C26H23ClN2O3S2. The van der Waals surface area contributed by atoms with E-state index in [0.717, 1.165) is 33.3 Å². The van der Waals surface area contributed by atoms with Crippen molar-refractivity contribution in [2.75, 3.05) is 0 Å². The zero-order valence-electron chi connectivity index (χ0n) is 18.6. The summed E-state index contributed by atoms with van der Waals surface area (Å²) in [6.07, 6.45) is 1.56. The van der Waals surface area contributed by atoms with Crippen LogP contribution in [0.5, 0.6) is 5.88 Å². The number of hydrogen-bond donors (Lipinski definition) is 1. The number of halogens is 1. The lowest BCUT2D eigenvalue weighted by Gasteiger charge is -2.10. The van der Waals surface area contributed by atoms with Crippen molar-refractivity contribution in [3.05, 3.63) is 75.9 Å². The maximum absolute atomic E-state index is 11.1. The van der Waals surface area contributed by atoms with Crippen LogP contribution in [0.25, 0.3) is 21.3 Å². The van der Waals surface area contributed by atoms with Gasteiger partial charge in [-0.05, 0) is 48.7 Å². The standard InChI is InChI=1S/C26H21ClN2O3S.H2S/c1-3-4-18(12-25(30)31)19-7-10-24(28-13-19)32-14-17-6-8-22-20(11-17)21(15-33-22)26-16(2)5-9-23(27)29-26;/h5-11,13,15,18H,12,14H2,1-2H3,(H,30,31);1H2/t18-;/m0./s1. The molecule has 0 fully saturated rings. The topological polar surface area (TPSA) is 72.3 Å². The highest BCUT2D eigenvalue weighted by Gasteiger charge is 2.14. The van der Waals surface area contributed by atoms with Gasteiger partial charge in [-0.15, -0.1) is 17.3 Å². The van der Waals surface area contributed by atoms with Gasteiger partial charge in [-0.3, -0.25) is 4.79 Å². The minimum atomic E-state index is -0.894. The van der Waals surface area contributed by atoms with Crippen molar-refractivity contribution in [2.45, 2.75) is 32.8 Å². The molecule has 1 N–H and O–H groups in total. The maximum Gasteiger partial charge on any atom is 0.304 e. The van der Waals surface area contributed by atoms with Crippen molar-refractivity contribution in [3.63, 3.8) is 0 Å². The molecule has 0 saturated carbocycles. The van der Waals surface area contributed by atoms with Crippen LogP contribution >= 0.6 is 36.4 Å². The van der Waals surface area contributed by atoms with Gasteiger partial charge in [0.05, 0.1) is 18.0 Å². The average Bonchev–Trinajstić information content (AvgIpc) is 3.22. The number of fused-ring (bicyclic) bond motifs is 1. The van der Waals surface area contributed by atoms with Crippen molar-refractivity contribution < 1.29 is 14.6 Å². The first kappa shape index (κ1) is 25.6.